The highest BCUT2D eigenvalue weighted by Crippen LogP contribution is 2.22. The van der Waals surface area contributed by atoms with Crippen molar-refractivity contribution in [3.63, 3.8) is 0 Å². The summed E-state index contributed by atoms with van der Waals surface area (Å²) in [5.74, 6) is -0.912. The fourth-order valence-corrected chi connectivity index (χ4v) is 2.18. The van der Waals surface area contributed by atoms with E-state index in [4.69, 9.17) is 11.6 Å². The molecular formula is C16H16ClN5O4. The van der Waals surface area contributed by atoms with E-state index in [9.17, 15) is 19.7 Å². The summed E-state index contributed by atoms with van der Waals surface area (Å²) in [6, 6.07) is 9.15. The number of benzene rings is 1. The molecular weight excluding hydrogens is 362 g/mol. The maximum absolute atomic E-state index is 11.8. The van der Waals surface area contributed by atoms with Crippen LogP contribution in [0, 0.1) is 10.1 Å². The molecule has 0 spiro atoms. The third-order valence-electron chi connectivity index (χ3n) is 3.23. The highest BCUT2D eigenvalue weighted by Gasteiger charge is 2.12. The first kappa shape index (κ1) is 19.1. The minimum Gasteiger partial charge on any atom is -0.378 e. The Kier molecular flexibility index (Phi) is 6.86. The van der Waals surface area contributed by atoms with Gasteiger partial charge in [-0.15, -0.1) is 0 Å². The van der Waals surface area contributed by atoms with Crippen LogP contribution in [-0.2, 0) is 4.79 Å². The maximum Gasteiger partial charge on any atom is 0.292 e. The lowest BCUT2D eigenvalue weighted by Gasteiger charge is -2.09. The van der Waals surface area contributed by atoms with Gasteiger partial charge in [0.2, 0.25) is 5.91 Å². The zero-order valence-corrected chi connectivity index (χ0v) is 14.3. The summed E-state index contributed by atoms with van der Waals surface area (Å²) in [6.45, 7) is 0.301. The van der Waals surface area contributed by atoms with E-state index >= 15 is 0 Å². The zero-order valence-electron chi connectivity index (χ0n) is 13.6. The molecule has 1 aromatic carbocycles. The molecule has 0 bridgehead atoms. The molecule has 9 nitrogen and oxygen atoms in total. The average Bonchev–Trinajstić information content (AvgIpc) is 2.63. The molecule has 0 atom stereocenters. The molecule has 1 heterocycles. The number of nitrogens with zero attached hydrogens (tertiary/aromatic N) is 2. The third kappa shape index (κ3) is 5.71. The number of carbonyl (C=O) groups is 2. The topological polar surface area (TPSA) is 126 Å². The first-order chi connectivity index (χ1) is 12.5. The summed E-state index contributed by atoms with van der Waals surface area (Å²) in [4.78, 5) is 37.8. The number of nitro benzene ring substituents is 1. The van der Waals surface area contributed by atoms with Gasteiger partial charge in [-0.05, 0) is 18.2 Å². The van der Waals surface area contributed by atoms with Crippen LogP contribution in [0.15, 0.2) is 42.6 Å². The Morgan fingerprint density at radius 2 is 1.92 bits per heavy atom. The highest BCUT2D eigenvalue weighted by molar-refractivity contribution is 6.30. The fraction of sp³-hybridized carbons (Fsp3) is 0.188. The molecule has 2 amide bonds. The van der Waals surface area contributed by atoms with E-state index in [0.29, 0.717) is 17.3 Å². The number of halogens is 1. The summed E-state index contributed by atoms with van der Waals surface area (Å²) in [5.41, 5.74) is 0.440. The van der Waals surface area contributed by atoms with Crippen molar-refractivity contribution in [3.8, 4) is 0 Å². The predicted octanol–water partition coefficient (Wildman–Crippen LogP) is 1.60. The Bertz CT molecular complexity index is 815. The van der Waals surface area contributed by atoms with Gasteiger partial charge in [0.15, 0.2) is 0 Å². The standard InChI is InChI=1S/C16H16ClN5O4/c17-11-5-6-18-13(9-11)16(24)21-10-15(23)20-8-7-19-12-3-1-2-4-14(12)22(25)26/h1-6,9,19H,7-8,10H2,(H,20,23)(H,21,24). The number of nitrogens with one attached hydrogen (secondary N) is 3. The van der Waals surface area contributed by atoms with Gasteiger partial charge < -0.3 is 16.0 Å². The van der Waals surface area contributed by atoms with E-state index in [-0.39, 0.29) is 24.5 Å². The normalized spacial score (nSPS) is 10.0. The second-order valence-corrected chi connectivity index (χ2v) is 5.53. The number of anilines is 1. The van der Waals surface area contributed by atoms with Gasteiger partial charge in [-0.2, -0.15) is 0 Å². The van der Waals surface area contributed by atoms with Crippen molar-refractivity contribution in [2.45, 2.75) is 0 Å². The van der Waals surface area contributed by atoms with Crippen molar-refractivity contribution < 1.29 is 14.5 Å². The molecule has 0 aliphatic carbocycles. The van der Waals surface area contributed by atoms with Gasteiger partial charge in [0.25, 0.3) is 11.6 Å². The van der Waals surface area contributed by atoms with E-state index < -0.39 is 16.7 Å². The maximum atomic E-state index is 11.8. The Balaban J connectivity index is 1.71. The van der Waals surface area contributed by atoms with Crippen molar-refractivity contribution in [1.29, 1.82) is 0 Å². The van der Waals surface area contributed by atoms with Crippen molar-refractivity contribution in [2.24, 2.45) is 0 Å². The Hall–Kier alpha value is -3.20. The summed E-state index contributed by atoms with van der Waals surface area (Å²) in [6.07, 6.45) is 1.39. The Labute approximate surface area is 153 Å². The van der Waals surface area contributed by atoms with Gasteiger partial charge in [0.05, 0.1) is 11.5 Å². The lowest BCUT2D eigenvalue weighted by molar-refractivity contribution is -0.384. The molecule has 26 heavy (non-hydrogen) atoms. The minimum atomic E-state index is -0.513. The van der Waals surface area contributed by atoms with Gasteiger partial charge in [0.1, 0.15) is 11.4 Å². The largest absolute Gasteiger partial charge is 0.378 e. The van der Waals surface area contributed by atoms with Crippen LogP contribution < -0.4 is 16.0 Å². The van der Waals surface area contributed by atoms with E-state index in [1.54, 1.807) is 18.2 Å². The molecule has 136 valence electrons. The van der Waals surface area contributed by atoms with Crippen molar-refractivity contribution in [2.75, 3.05) is 25.0 Å². The molecule has 0 saturated carbocycles. The lowest BCUT2D eigenvalue weighted by atomic mass is 10.2. The SMILES string of the molecule is O=C(CNC(=O)c1cc(Cl)ccn1)NCCNc1ccccc1[N+](=O)[O-]. The van der Waals surface area contributed by atoms with Crippen LogP contribution in [0.4, 0.5) is 11.4 Å². The summed E-state index contributed by atoms with van der Waals surface area (Å²) >= 11 is 5.77. The van der Waals surface area contributed by atoms with E-state index in [2.05, 4.69) is 20.9 Å². The van der Waals surface area contributed by atoms with E-state index in [0.717, 1.165) is 0 Å². The minimum absolute atomic E-state index is 0.0416. The van der Waals surface area contributed by atoms with Gasteiger partial charge in [-0.25, -0.2) is 0 Å². The zero-order chi connectivity index (χ0) is 18.9. The predicted molar refractivity (Wildman–Crippen MR) is 96.2 cm³/mol. The number of carbonyl (C=O) groups excluding carboxylic acids is 2. The molecule has 0 saturated heterocycles. The second kappa shape index (κ2) is 9.33. The van der Waals surface area contributed by atoms with Crippen molar-refractivity contribution in [3.05, 3.63) is 63.4 Å². The quantitative estimate of drug-likeness (QED) is 0.364. The van der Waals surface area contributed by atoms with Crippen LogP contribution in [0.2, 0.25) is 5.02 Å². The molecule has 0 unspecified atom stereocenters. The van der Waals surface area contributed by atoms with E-state index in [1.807, 2.05) is 0 Å². The lowest BCUT2D eigenvalue weighted by Crippen LogP contribution is -2.38. The number of amides is 2. The molecule has 0 aliphatic heterocycles. The van der Waals surface area contributed by atoms with Crippen LogP contribution >= 0.6 is 11.6 Å². The summed E-state index contributed by atoms with van der Waals surface area (Å²) in [5, 5.41) is 19.2. The molecule has 2 rings (SSSR count). The summed E-state index contributed by atoms with van der Waals surface area (Å²) in [7, 11) is 0. The molecule has 2 aromatic rings. The van der Waals surface area contributed by atoms with Crippen LogP contribution in [0.3, 0.4) is 0 Å². The number of rotatable bonds is 8. The Morgan fingerprint density at radius 1 is 1.15 bits per heavy atom. The molecule has 3 N–H and O–H groups in total. The van der Waals surface area contributed by atoms with E-state index in [1.165, 1.54) is 24.4 Å². The first-order valence-electron chi connectivity index (χ1n) is 7.61. The van der Waals surface area contributed by atoms with Crippen LogP contribution in [-0.4, -0.2) is 41.4 Å². The molecule has 0 fully saturated rings. The molecule has 1 aromatic heterocycles. The number of nitro groups is 1. The monoisotopic (exact) mass is 377 g/mol. The second-order valence-electron chi connectivity index (χ2n) is 5.09. The number of aromatic nitrogens is 1. The number of para-hydroxylation sites is 2. The van der Waals surface area contributed by atoms with Crippen LogP contribution in [0.25, 0.3) is 0 Å². The van der Waals surface area contributed by atoms with Gasteiger partial charge >= 0.3 is 0 Å². The van der Waals surface area contributed by atoms with Gasteiger partial charge in [-0.1, -0.05) is 23.7 Å². The smallest absolute Gasteiger partial charge is 0.292 e. The molecule has 0 aliphatic rings. The fourth-order valence-electron chi connectivity index (χ4n) is 2.02. The first-order valence-corrected chi connectivity index (χ1v) is 7.99. The van der Waals surface area contributed by atoms with Crippen LogP contribution in [0.1, 0.15) is 10.5 Å². The average molecular weight is 378 g/mol. The summed E-state index contributed by atoms with van der Waals surface area (Å²) < 4.78 is 0. The molecule has 10 heteroatoms. The highest BCUT2D eigenvalue weighted by atomic mass is 35.5. The number of hydrogen-bond donors (Lipinski definition) is 3. The third-order valence-corrected chi connectivity index (χ3v) is 3.46. The van der Waals surface area contributed by atoms with Crippen molar-refractivity contribution >= 4 is 34.8 Å². The number of pyridine rings is 1. The van der Waals surface area contributed by atoms with Gasteiger partial charge in [0, 0.05) is 30.4 Å². The number of hydrogen-bond acceptors (Lipinski definition) is 6. The van der Waals surface area contributed by atoms with Crippen LogP contribution in [0.5, 0.6) is 0 Å². The molecule has 0 radical (unpaired) electrons. The van der Waals surface area contributed by atoms with Gasteiger partial charge in [-0.3, -0.25) is 24.7 Å². The van der Waals surface area contributed by atoms with Crippen molar-refractivity contribution in [1.82, 2.24) is 15.6 Å². The Morgan fingerprint density at radius 3 is 2.65 bits per heavy atom.